The van der Waals surface area contributed by atoms with E-state index in [0.29, 0.717) is 6.04 Å². The van der Waals surface area contributed by atoms with Gasteiger partial charge in [0.15, 0.2) is 0 Å². The number of aromatic nitrogens is 1. The van der Waals surface area contributed by atoms with E-state index in [1.54, 1.807) is 0 Å². The number of hydrogen-bond donors (Lipinski definition) is 1. The molecule has 1 aromatic heterocycles. The summed E-state index contributed by atoms with van der Waals surface area (Å²) in [5.74, 6) is 1.13. The number of nitrogens with zero attached hydrogens (tertiary/aromatic N) is 3. The van der Waals surface area contributed by atoms with Crippen LogP contribution in [-0.4, -0.2) is 48.6 Å². The number of rotatable bonds is 3. The molecule has 1 aliphatic heterocycles. The second-order valence-electron chi connectivity index (χ2n) is 5.94. The second-order valence-corrected chi connectivity index (χ2v) is 5.94. The van der Waals surface area contributed by atoms with Gasteiger partial charge < -0.3 is 15.5 Å². The van der Waals surface area contributed by atoms with Gasteiger partial charge in [0.05, 0.1) is 0 Å². The smallest absolute Gasteiger partial charge is 0.131 e. The highest BCUT2D eigenvalue weighted by molar-refractivity contribution is 5.48. The Bertz CT molecular complexity index is 430. The third kappa shape index (κ3) is 3.45. The van der Waals surface area contributed by atoms with Crippen molar-refractivity contribution in [1.29, 1.82) is 0 Å². The highest BCUT2D eigenvalue weighted by atomic mass is 15.3. The predicted octanol–water partition coefficient (Wildman–Crippen LogP) is 1.42. The standard InChI is InChI=1S/C15H26N4/c1-11-7-14(8-12(2)16)9-17-15(11)19-6-5-18(4)13(3)10-19/h7,9,12-13H,5-6,8,10,16H2,1-4H3. The molecule has 0 bridgehead atoms. The average molecular weight is 262 g/mol. The number of likely N-dealkylation sites (N-methyl/N-ethyl adjacent to an activating group) is 1. The third-order valence-electron chi connectivity index (χ3n) is 3.92. The number of nitrogens with two attached hydrogens (primary N) is 1. The lowest BCUT2D eigenvalue weighted by atomic mass is 10.1. The maximum absolute atomic E-state index is 5.85. The van der Waals surface area contributed by atoms with Crippen LogP contribution in [0.1, 0.15) is 25.0 Å². The number of pyridine rings is 1. The van der Waals surface area contributed by atoms with Gasteiger partial charge in [0.25, 0.3) is 0 Å². The summed E-state index contributed by atoms with van der Waals surface area (Å²) >= 11 is 0. The zero-order valence-electron chi connectivity index (χ0n) is 12.6. The molecule has 0 saturated carbocycles. The molecule has 2 heterocycles. The Morgan fingerprint density at radius 3 is 2.79 bits per heavy atom. The number of aryl methyl sites for hydroxylation is 1. The zero-order chi connectivity index (χ0) is 14.0. The number of hydrogen-bond acceptors (Lipinski definition) is 4. The van der Waals surface area contributed by atoms with Crippen LogP contribution in [0.2, 0.25) is 0 Å². The lowest BCUT2D eigenvalue weighted by Gasteiger charge is -2.38. The highest BCUT2D eigenvalue weighted by Crippen LogP contribution is 2.21. The first kappa shape index (κ1) is 14.3. The van der Waals surface area contributed by atoms with Crippen LogP contribution >= 0.6 is 0 Å². The summed E-state index contributed by atoms with van der Waals surface area (Å²) in [7, 11) is 2.19. The molecule has 1 fully saturated rings. The minimum Gasteiger partial charge on any atom is -0.354 e. The predicted molar refractivity (Wildman–Crippen MR) is 80.6 cm³/mol. The fourth-order valence-electron chi connectivity index (χ4n) is 2.68. The van der Waals surface area contributed by atoms with E-state index >= 15 is 0 Å². The van der Waals surface area contributed by atoms with E-state index in [2.05, 4.69) is 41.7 Å². The second kappa shape index (κ2) is 5.88. The Morgan fingerprint density at radius 2 is 2.21 bits per heavy atom. The van der Waals surface area contributed by atoms with Crippen LogP contribution in [0.4, 0.5) is 5.82 Å². The van der Waals surface area contributed by atoms with Crippen LogP contribution in [0, 0.1) is 6.92 Å². The molecule has 19 heavy (non-hydrogen) atoms. The molecule has 2 N–H and O–H groups in total. The molecule has 0 amide bonds. The van der Waals surface area contributed by atoms with Crippen LogP contribution in [0.15, 0.2) is 12.3 Å². The lowest BCUT2D eigenvalue weighted by Crippen LogP contribution is -2.50. The fraction of sp³-hybridized carbons (Fsp3) is 0.667. The summed E-state index contributed by atoms with van der Waals surface area (Å²) in [6, 6.07) is 3.00. The SMILES string of the molecule is Cc1cc(CC(C)N)cnc1N1CCN(C)C(C)C1. The van der Waals surface area contributed by atoms with E-state index in [1.165, 1.54) is 11.1 Å². The zero-order valence-corrected chi connectivity index (χ0v) is 12.6. The molecule has 2 rings (SSSR count). The summed E-state index contributed by atoms with van der Waals surface area (Å²) in [5, 5.41) is 0. The van der Waals surface area contributed by atoms with Gasteiger partial charge >= 0.3 is 0 Å². The van der Waals surface area contributed by atoms with Crippen LogP contribution < -0.4 is 10.6 Å². The summed E-state index contributed by atoms with van der Waals surface area (Å²) < 4.78 is 0. The third-order valence-corrected chi connectivity index (χ3v) is 3.92. The van der Waals surface area contributed by atoms with Crippen molar-refractivity contribution >= 4 is 5.82 Å². The maximum Gasteiger partial charge on any atom is 0.131 e. The molecule has 2 atom stereocenters. The summed E-state index contributed by atoms with van der Waals surface area (Å²) in [6.45, 7) is 9.66. The Hall–Kier alpha value is -1.13. The molecule has 2 unspecified atom stereocenters. The van der Waals surface area contributed by atoms with Crippen molar-refractivity contribution in [2.45, 2.75) is 39.3 Å². The van der Waals surface area contributed by atoms with E-state index < -0.39 is 0 Å². The van der Waals surface area contributed by atoms with Gasteiger partial charge in [-0.2, -0.15) is 0 Å². The van der Waals surface area contributed by atoms with E-state index in [9.17, 15) is 0 Å². The molecule has 0 radical (unpaired) electrons. The van der Waals surface area contributed by atoms with Gasteiger partial charge in [-0.25, -0.2) is 4.98 Å². The average Bonchev–Trinajstić information content (AvgIpc) is 2.32. The van der Waals surface area contributed by atoms with Crippen LogP contribution in [0.25, 0.3) is 0 Å². The van der Waals surface area contributed by atoms with Crippen molar-refractivity contribution in [2.75, 3.05) is 31.6 Å². The molecule has 1 saturated heterocycles. The van der Waals surface area contributed by atoms with Gasteiger partial charge in [-0.3, -0.25) is 0 Å². The fourth-order valence-corrected chi connectivity index (χ4v) is 2.68. The van der Waals surface area contributed by atoms with Crippen LogP contribution in [0.3, 0.4) is 0 Å². The quantitative estimate of drug-likeness (QED) is 0.895. The molecule has 1 aromatic rings. The molecule has 4 heteroatoms. The van der Waals surface area contributed by atoms with Crippen LogP contribution in [-0.2, 0) is 6.42 Å². The Kier molecular flexibility index (Phi) is 4.42. The van der Waals surface area contributed by atoms with Gasteiger partial charge in [0, 0.05) is 37.9 Å². The molecule has 4 nitrogen and oxygen atoms in total. The van der Waals surface area contributed by atoms with E-state index in [1.807, 2.05) is 13.1 Å². The molecule has 0 aromatic carbocycles. The lowest BCUT2D eigenvalue weighted by molar-refractivity contribution is 0.233. The van der Waals surface area contributed by atoms with Gasteiger partial charge in [-0.15, -0.1) is 0 Å². The minimum absolute atomic E-state index is 0.190. The number of piperazine rings is 1. The summed E-state index contributed by atoms with van der Waals surface area (Å²) in [4.78, 5) is 9.46. The highest BCUT2D eigenvalue weighted by Gasteiger charge is 2.22. The summed E-state index contributed by atoms with van der Waals surface area (Å²) in [5.41, 5.74) is 8.34. The van der Waals surface area contributed by atoms with Crippen molar-refractivity contribution < 1.29 is 0 Å². The van der Waals surface area contributed by atoms with Crippen molar-refractivity contribution in [3.05, 3.63) is 23.4 Å². The molecule has 106 valence electrons. The normalized spacial score (nSPS) is 22.6. The Labute approximate surface area is 116 Å². The van der Waals surface area contributed by atoms with Crippen molar-refractivity contribution in [3.63, 3.8) is 0 Å². The van der Waals surface area contributed by atoms with Gasteiger partial charge in [-0.05, 0) is 45.4 Å². The maximum atomic E-state index is 5.85. The van der Waals surface area contributed by atoms with Crippen molar-refractivity contribution in [1.82, 2.24) is 9.88 Å². The topological polar surface area (TPSA) is 45.4 Å². The first-order valence-corrected chi connectivity index (χ1v) is 7.13. The molecule has 1 aliphatic rings. The van der Waals surface area contributed by atoms with Gasteiger partial charge in [-0.1, -0.05) is 6.07 Å². The minimum atomic E-state index is 0.190. The molecule has 0 aliphatic carbocycles. The van der Waals surface area contributed by atoms with Crippen molar-refractivity contribution in [3.8, 4) is 0 Å². The Balaban J connectivity index is 2.12. The first-order chi connectivity index (χ1) is 8.97. The van der Waals surface area contributed by atoms with Gasteiger partial charge in [0.1, 0.15) is 5.82 Å². The number of anilines is 1. The Morgan fingerprint density at radius 1 is 1.47 bits per heavy atom. The molecular weight excluding hydrogens is 236 g/mol. The monoisotopic (exact) mass is 262 g/mol. The summed E-state index contributed by atoms with van der Waals surface area (Å²) in [6.07, 6.45) is 2.88. The molecular formula is C15H26N4. The van der Waals surface area contributed by atoms with Crippen LogP contribution in [0.5, 0.6) is 0 Å². The van der Waals surface area contributed by atoms with E-state index in [-0.39, 0.29) is 6.04 Å². The van der Waals surface area contributed by atoms with Crippen molar-refractivity contribution in [2.24, 2.45) is 5.73 Å². The van der Waals surface area contributed by atoms with Gasteiger partial charge in [0.2, 0.25) is 0 Å². The largest absolute Gasteiger partial charge is 0.354 e. The van der Waals surface area contributed by atoms with E-state index in [0.717, 1.165) is 31.9 Å². The molecule has 0 spiro atoms. The van der Waals surface area contributed by atoms with E-state index in [4.69, 9.17) is 5.73 Å². The first-order valence-electron chi connectivity index (χ1n) is 7.13.